The highest BCUT2D eigenvalue weighted by Crippen LogP contribution is 2.33. The number of hydrogen-bond acceptors (Lipinski definition) is 2. The van der Waals surface area contributed by atoms with Crippen molar-refractivity contribution in [3.05, 3.63) is 33.8 Å². The van der Waals surface area contributed by atoms with E-state index in [1.165, 1.54) is 6.92 Å². The van der Waals surface area contributed by atoms with Crippen LogP contribution in [0.1, 0.15) is 25.3 Å². The Hall–Kier alpha value is -0.770. The van der Waals surface area contributed by atoms with E-state index in [1.54, 1.807) is 18.2 Å². The molecular weight excluding hydrogens is 251 g/mol. The smallest absolute Gasteiger partial charge is 0.303 e. The summed E-state index contributed by atoms with van der Waals surface area (Å²) in [6, 6.07) is 4.74. The van der Waals surface area contributed by atoms with E-state index in [0.717, 1.165) is 0 Å². The van der Waals surface area contributed by atoms with Crippen LogP contribution in [-0.2, 0) is 10.4 Å². The van der Waals surface area contributed by atoms with Crippen molar-refractivity contribution >= 4 is 29.2 Å². The summed E-state index contributed by atoms with van der Waals surface area (Å²) in [5.74, 6) is -0.960. The molecule has 0 heterocycles. The van der Waals surface area contributed by atoms with Gasteiger partial charge in [-0.1, -0.05) is 23.2 Å². The average Bonchev–Trinajstić information content (AvgIpc) is 2.19. The molecule has 0 saturated carbocycles. The molecule has 0 amide bonds. The third kappa shape index (κ3) is 3.37. The number of carbonyl (C=O) groups is 1. The largest absolute Gasteiger partial charge is 0.481 e. The number of aliphatic hydroxyl groups is 1. The van der Waals surface area contributed by atoms with Crippen molar-refractivity contribution in [3.63, 3.8) is 0 Å². The van der Waals surface area contributed by atoms with E-state index in [0.29, 0.717) is 15.6 Å². The summed E-state index contributed by atoms with van der Waals surface area (Å²) < 4.78 is 0. The van der Waals surface area contributed by atoms with Crippen LogP contribution in [0.25, 0.3) is 0 Å². The van der Waals surface area contributed by atoms with Gasteiger partial charge >= 0.3 is 5.97 Å². The van der Waals surface area contributed by atoms with Crippen LogP contribution in [-0.4, -0.2) is 16.2 Å². The minimum Gasteiger partial charge on any atom is -0.481 e. The Balaban J connectivity index is 2.96. The van der Waals surface area contributed by atoms with Gasteiger partial charge in [0.2, 0.25) is 0 Å². The van der Waals surface area contributed by atoms with Crippen molar-refractivity contribution in [2.75, 3.05) is 0 Å². The summed E-state index contributed by atoms with van der Waals surface area (Å²) in [4.78, 5) is 10.5. The third-order valence-corrected chi connectivity index (χ3v) is 2.90. The normalized spacial score (nSPS) is 14.5. The summed E-state index contributed by atoms with van der Waals surface area (Å²) in [5, 5.41) is 19.5. The molecule has 0 spiro atoms. The van der Waals surface area contributed by atoms with Gasteiger partial charge in [-0.3, -0.25) is 4.79 Å². The zero-order valence-electron chi connectivity index (χ0n) is 8.70. The summed E-state index contributed by atoms with van der Waals surface area (Å²) in [6.07, 6.45) is -0.0434. The van der Waals surface area contributed by atoms with Crippen molar-refractivity contribution in [1.82, 2.24) is 0 Å². The van der Waals surface area contributed by atoms with Gasteiger partial charge in [0, 0.05) is 22.0 Å². The molecule has 0 fully saturated rings. The van der Waals surface area contributed by atoms with Gasteiger partial charge in [-0.2, -0.15) is 0 Å². The number of hydrogen-bond donors (Lipinski definition) is 2. The molecule has 16 heavy (non-hydrogen) atoms. The number of rotatable bonds is 4. The van der Waals surface area contributed by atoms with Crippen LogP contribution < -0.4 is 0 Å². The van der Waals surface area contributed by atoms with Crippen LogP contribution in [0, 0.1) is 0 Å². The Morgan fingerprint density at radius 3 is 2.62 bits per heavy atom. The second-order valence-electron chi connectivity index (χ2n) is 3.79. The molecule has 1 aromatic carbocycles. The molecule has 2 N–H and O–H groups in total. The summed E-state index contributed by atoms with van der Waals surface area (Å²) in [5.41, 5.74) is -0.844. The number of carboxylic acids is 1. The lowest BCUT2D eigenvalue weighted by atomic mass is 9.91. The van der Waals surface area contributed by atoms with Gasteiger partial charge < -0.3 is 10.2 Å². The Kier molecular flexibility index (Phi) is 4.19. The standard InChI is InChI=1S/C11H12Cl2O3/c1-11(16,5-4-10(14)15)8-6-7(12)2-3-9(8)13/h2-3,6,16H,4-5H2,1H3,(H,14,15). The fourth-order valence-electron chi connectivity index (χ4n) is 1.40. The first-order valence-corrected chi connectivity index (χ1v) is 5.48. The fourth-order valence-corrected chi connectivity index (χ4v) is 1.89. The first-order valence-electron chi connectivity index (χ1n) is 4.72. The quantitative estimate of drug-likeness (QED) is 0.877. The van der Waals surface area contributed by atoms with Crippen molar-refractivity contribution in [2.45, 2.75) is 25.4 Å². The maximum atomic E-state index is 10.5. The minimum absolute atomic E-state index is 0.0857. The Morgan fingerprint density at radius 2 is 2.06 bits per heavy atom. The first kappa shape index (κ1) is 13.3. The molecule has 0 aliphatic carbocycles. The van der Waals surface area contributed by atoms with E-state index in [2.05, 4.69) is 0 Å². The number of aliphatic carboxylic acids is 1. The highest BCUT2D eigenvalue weighted by atomic mass is 35.5. The van der Waals surface area contributed by atoms with Crippen molar-refractivity contribution in [3.8, 4) is 0 Å². The number of carboxylic acid groups (broad SMARTS) is 1. The lowest BCUT2D eigenvalue weighted by molar-refractivity contribution is -0.138. The highest BCUT2D eigenvalue weighted by Gasteiger charge is 2.26. The molecule has 1 unspecified atom stereocenters. The molecule has 88 valence electrons. The van der Waals surface area contributed by atoms with E-state index in [9.17, 15) is 9.90 Å². The summed E-state index contributed by atoms with van der Waals surface area (Å²) in [7, 11) is 0. The SMILES string of the molecule is CC(O)(CCC(=O)O)c1cc(Cl)ccc1Cl. The molecule has 1 atom stereocenters. The van der Waals surface area contributed by atoms with Crippen molar-refractivity contribution in [1.29, 1.82) is 0 Å². The Bertz CT molecular complexity index is 402. The highest BCUT2D eigenvalue weighted by molar-refractivity contribution is 6.33. The van der Waals surface area contributed by atoms with E-state index in [4.69, 9.17) is 28.3 Å². The van der Waals surface area contributed by atoms with Crippen molar-refractivity contribution < 1.29 is 15.0 Å². The molecule has 0 aromatic heterocycles. The molecule has 0 bridgehead atoms. The molecular formula is C11H12Cl2O3. The van der Waals surface area contributed by atoms with E-state index >= 15 is 0 Å². The first-order chi connectivity index (χ1) is 7.33. The van der Waals surface area contributed by atoms with Crippen LogP contribution in [0.5, 0.6) is 0 Å². The topological polar surface area (TPSA) is 57.5 Å². The van der Waals surface area contributed by atoms with Gasteiger partial charge in [-0.15, -0.1) is 0 Å². The molecule has 1 rings (SSSR count). The summed E-state index contributed by atoms with van der Waals surface area (Å²) >= 11 is 11.7. The van der Waals surface area contributed by atoms with Gasteiger partial charge in [0.05, 0.1) is 5.60 Å². The maximum absolute atomic E-state index is 10.5. The lowest BCUT2D eigenvalue weighted by Crippen LogP contribution is -2.22. The molecule has 3 nitrogen and oxygen atoms in total. The van der Waals surface area contributed by atoms with Crippen LogP contribution >= 0.6 is 23.2 Å². The fraction of sp³-hybridized carbons (Fsp3) is 0.364. The zero-order chi connectivity index (χ0) is 12.3. The Morgan fingerprint density at radius 1 is 1.44 bits per heavy atom. The third-order valence-electron chi connectivity index (χ3n) is 2.33. The molecule has 1 aromatic rings. The second-order valence-corrected chi connectivity index (χ2v) is 4.64. The Labute approximate surface area is 104 Å². The molecule has 0 aliphatic heterocycles. The van der Waals surface area contributed by atoms with Crippen LogP contribution in [0.2, 0.25) is 10.0 Å². The van der Waals surface area contributed by atoms with Crippen LogP contribution in [0.15, 0.2) is 18.2 Å². The molecule has 0 saturated heterocycles. The monoisotopic (exact) mass is 262 g/mol. The van der Waals surface area contributed by atoms with Crippen molar-refractivity contribution in [2.24, 2.45) is 0 Å². The van der Waals surface area contributed by atoms with Gasteiger partial charge in [0.1, 0.15) is 0 Å². The maximum Gasteiger partial charge on any atom is 0.303 e. The van der Waals surface area contributed by atoms with E-state index in [1.807, 2.05) is 0 Å². The summed E-state index contributed by atoms with van der Waals surface area (Å²) in [6.45, 7) is 1.52. The number of benzene rings is 1. The van der Waals surface area contributed by atoms with Gasteiger partial charge in [-0.25, -0.2) is 0 Å². The van der Waals surface area contributed by atoms with Gasteiger partial charge in [0.15, 0.2) is 0 Å². The minimum atomic E-state index is -1.29. The molecule has 0 radical (unpaired) electrons. The predicted molar refractivity (Wildman–Crippen MR) is 62.9 cm³/mol. The number of halogens is 2. The van der Waals surface area contributed by atoms with Crippen LogP contribution in [0.4, 0.5) is 0 Å². The van der Waals surface area contributed by atoms with Gasteiger partial charge in [-0.05, 0) is 31.5 Å². The lowest BCUT2D eigenvalue weighted by Gasteiger charge is -2.24. The van der Waals surface area contributed by atoms with Crippen LogP contribution in [0.3, 0.4) is 0 Å². The molecule has 0 aliphatic rings. The molecule has 5 heteroatoms. The van der Waals surface area contributed by atoms with Gasteiger partial charge in [0.25, 0.3) is 0 Å². The average molecular weight is 263 g/mol. The van der Waals surface area contributed by atoms with E-state index < -0.39 is 11.6 Å². The predicted octanol–water partition coefficient (Wildman–Crippen LogP) is 3.07. The van der Waals surface area contributed by atoms with E-state index in [-0.39, 0.29) is 12.8 Å². The second kappa shape index (κ2) is 5.04. The zero-order valence-corrected chi connectivity index (χ0v) is 10.2.